The van der Waals surface area contributed by atoms with Gasteiger partial charge in [0.1, 0.15) is 30.0 Å². The molecule has 1 amide bonds. The van der Waals surface area contributed by atoms with E-state index in [0.717, 1.165) is 26.3 Å². The van der Waals surface area contributed by atoms with Crippen molar-refractivity contribution in [2.75, 3.05) is 19.7 Å². The van der Waals surface area contributed by atoms with Gasteiger partial charge in [0.05, 0.1) is 11.3 Å². The lowest BCUT2D eigenvalue weighted by molar-refractivity contribution is -0.140. The Kier molecular flexibility index (Phi) is 8.36. The molecule has 2 aliphatic heterocycles. The van der Waals surface area contributed by atoms with Crippen molar-refractivity contribution < 1.29 is 19.0 Å². The lowest BCUT2D eigenvalue weighted by Crippen LogP contribution is -2.68. The van der Waals surface area contributed by atoms with Gasteiger partial charge in [-0.05, 0) is 34.8 Å². The number of thiophene rings is 1. The maximum atomic E-state index is 13.7. The van der Waals surface area contributed by atoms with Crippen molar-refractivity contribution in [3.05, 3.63) is 110 Å². The van der Waals surface area contributed by atoms with Gasteiger partial charge in [-0.3, -0.25) is 14.5 Å². The summed E-state index contributed by atoms with van der Waals surface area (Å²) in [6, 6.07) is 21.0. The number of amides is 1. The Morgan fingerprint density at radius 3 is 2.41 bits per heavy atom. The van der Waals surface area contributed by atoms with Crippen molar-refractivity contribution in [1.82, 2.24) is 4.90 Å². The van der Waals surface area contributed by atoms with E-state index >= 15 is 0 Å². The molecule has 0 spiro atoms. The maximum Gasteiger partial charge on any atom is 0.248 e. The van der Waals surface area contributed by atoms with Crippen molar-refractivity contribution in [2.24, 2.45) is 5.73 Å². The number of thiocarbonyl (C=S) groups is 1. The summed E-state index contributed by atoms with van der Waals surface area (Å²) >= 11 is 10.5. The van der Waals surface area contributed by atoms with Crippen LogP contribution in [0.5, 0.6) is 0 Å². The van der Waals surface area contributed by atoms with E-state index in [1.54, 1.807) is 16.7 Å². The van der Waals surface area contributed by atoms with Crippen molar-refractivity contribution in [3.8, 4) is 0 Å². The average Bonchev–Trinajstić information content (AvgIpc) is 3.49. The Morgan fingerprint density at radius 1 is 1.07 bits per heavy atom. The van der Waals surface area contributed by atoms with E-state index < -0.39 is 12.1 Å². The molecule has 2 aromatic carbocycles. The van der Waals surface area contributed by atoms with E-state index in [1.165, 1.54) is 29.8 Å². The number of carbonyl (C=O) groups is 1. The molecule has 0 aliphatic carbocycles. The third-order valence-corrected chi connectivity index (χ3v) is 10.8. The molecule has 4 heterocycles. The molecule has 41 heavy (non-hydrogen) atoms. The first-order valence-electron chi connectivity index (χ1n) is 12.8. The minimum absolute atomic E-state index is 0.0472. The predicted octanol–water partition coefficient (Wildman–Crippen LogP) is 5.53. The zero-order valence-corrected chi connectivity index (χ0v) is 25.2. The molecule has 1 fully saturated rings. The van der Waals surface area contributed by atoms with Crippen LogP contribution in [-0.2, 0) is 25.6 Å². The normalized spacial score (nSPS) is 18.5. The van der Waals surface area contributed by atoms with Crippen LogP contribution in [0.25, 0.3) is 15.0 Å². The number of hydrogen-bond donors (Lipinski definition) is 1. The number of benzene rings is 2. The first-order valence-corrected chi connectivity index (χ1v) is 16.0. The Morgan fingerprint density at radius 2 is 1.76 bits per heavy atom. The first kappa shape index (κ1) is 28.2. The van der Waals surface area contributed by atoms with Crippen LogP contribution < -0.4 is 11.2 Å². The lowest BCUT2D eigenvalue weighted by atomic mass is 10.00. The van der Waals surface area contributed by atoms with Gasteiger partial charge in [0.15, 0.2) is 0 Å². The van der Waals surface area contributed by atoms with Crippen LogP contribution in [0, 0.1) is 0 Å². The summed E-state index contributed by atoms with van der Waals surface area (Å²) < 4.78 is 18.9. The second-order valence-corrected chi connectivity index (χ2v) is 12.9. The van der Waals surface area contributed by atoms with Gasteiger partial charge in [-0.15, -0.1) is 34.4 Å². The van der Waals surface area contributed by atoms with Crippen molar-refractivity contribution >= 4 is 72.6 Å². The molecule has 0 radical (unpaired) electrons. The Labute approximate surface area is 254 Å². The highest BCUT2D eigenvalue weighted by molar-refractivity contribution is 8.00. The molecule has 2 aliphatic rings. The minimum Gasteiger partial charge on any atom is -0.469 e. The molecular weight excluding hydrogens is 597 g/mol. The van der Waals surface area contributed by atoms with E-state index in [-0.39, 0.29) is 35.2 Å². The number of carbonyl (C=O) groups excluding carboxylic acids is 1. The molecule has 4 aromatic rings. The summed E-state index contributed by atoms with van der Waals surface area (Å²) in [6.45, 7) is 0.112. The quantitative estimate of drug-likeness (QED) is 0.113. The Balaban J connectivity index is 1.49. The highest BCUT2D eigenvalue weighted by atomic mass is 32.2. The Bertz CT molecular complexity index is 1650. The van der Waals surface area contributed by atoms with Crippen LogP contribution in [-0.4, -0.2) is 46.9 Å². The van der Waals surface area contributed by atoms with Gasteiger partial charge in [0.25, 0.3) is 0 Å². The average molecular weight is 623 g/mol. The number of rotatable bonds is 9. The number of ether oxygens (including phenoxy) is 3. The second-order valence-electron chi connectivity index (χ2n) is 9.48. The third kappa shape index (κ3) is 5.27. The predicted molar refractivity (Wildman–Crippen MR) is 169 cm³/mol. The summed E-state index contributed by atoms with van der Waals surface area (Å²) in [5.41, 5.74) is 9.73. The van der Waals surface area contributed by atoms with E-state index in [1.807, 2.05) is 72.1 Å². The van der Waals surface area contributed by atoms with E-state index in [9.17, 15) is 9.59 Å². The van der Waals surface area contributed by atoms with Crippen LogP contribution in [0.1, 0.15) is 27.7 Å². The lowest BCUT2D eigenvalue weighted by Gasteiger charge is -2.49. The highest BCUT2D eigenvalue weighted by Crippen LogP contribution is 2.46. The fourth-order valence-corrected chi connectivity index (χ4v) is 8.91. The van der Waals surface area contributed by atoms with E-state index in [0.29, 0.717) is 21.7 Å². The van der Waals surface area contributed by atoms with Gasteiger partial charge in [0.2, 0.25) is 16.4 Å². The van der Waals surface area contributed by atoms with Crippen molar-refractivity contribution in [2.45, 2.75) is 24.1 Å². The molecule has 210 valence electrons. The van der Waals surface area contributed by atoms with Crippen LogP contribution in [0.4, 0.5) is 0 Å². The zero-order valence-electron chi connectivity index (χ0n) is 22.0. The summed E-state index contributed by atoms with van der Waals surface area (Å²) in [7, 11) is 1.53. The monoisotopic (exact) mass is 622 g/mol. The minimum atomic E-state index is -0.624. The van der Waals surface area contributed by atoms with Gasteiger partial charge in [-0.2, -0.15) is 0 Å². The number of nitrogens with zero attached hydrogens (tertiary/aromatic N) is 1. The molecule has 2 aromatic heterocycles. The third-order valence-electron chi connectivity index (χ3n) is 6.95. The fourth-order valence-electron chi connectivity index (χ4n) is 4.98. The molecule has 2 N–H and O–H groups in total. The topological polar surface area (TPSA) is 91.1 Å². The number of hydrogen-bond acceptors (Lipinski definition) is 10. The molecule has 6 rings (SSSR count). The molecular formula is C30H26N2O5S4. The number of methoxy groups -OCH3 is 1. The second kappa shape index (κ2) is 12.1. The number of nitrogens with two attached hydrogens (primary N) is 1. The van der Waals surface area contributed by atoms with Crippen LogP contribution in [0.2, 0.25) is 0 Å². The SMILES string of the molecule is COCOCc1c(C2=C(C(=S)OC(c3ccccc3)c3ccccc3)N3C(=O)[C@@H](N)[C@H]3SC2)sc2ccsc2c1=O. The summed E-state index contributed by atoms with van der Waals surface area (Å²) in [5, 5.41) is 1.82. The molecule has 7 nitrogen and oxygen atoms in total. The van der Waals surface area contributed by atoms with Gasteiger partial charge in [0, 0.05) is 33.6 Å². The summed E-state index contributed by atoms with van der Waals surface area (Å²) in [4.78, 5) is 29.2. The first-order chi connectivity index (χ1) is 20.0. The fraction of sp³-hybridized carbons (Fsp3) is 0.233. The molecule has 0 bridgehead atoms. The molecule has 11 heteroatoms. The smallest absolute Gasteiger partial charge is 0.248 e. The van der Waals surface area contributed by atoms with Crippen LogP contribution in [0.15, 0.2) is 82.6 Å². The van der Waals surface area contributed by atoms with Gasteiger partial charge in [-0.1, -0.05) is 60.7 Å². The number of fused-ring (bicyclic) bond motifs is 2. The van der Waals surface area contributed by atoms with Crippen LogP contribution >= 0.6 is 46.7 Å². The van der Waals surface area contributed by atoms with Crippen LogP contribution in [0.3, 0.4) is 0 Å². The van der Waals surface area contributed by atoms with Gasteiger partial charge in [-0.25, -0.2) is 0 Å². The van der Waals surface area contributed by atoms with Crippen molar-refractivity contribution in [1.29, 1.82) is 0 Å². The summed E-state index contributed by atoms with van der Waals surface area (Å²) in [5.74, 6) is 0.281. The largest absolute Gasteiger partial charge is 0.469 e. The Hall–Kier alpha value is -2.90. The van der Waals surface area contributed by atoms with Gasteiger partial charge >= 0.3 is 0 Å². The number of thioether (sulfide) groups is 1. The standard InChI is InChI=1S/C30H26N2O5S4/c1-35-16-36-14-19-24(33)27-21(12-13-39-27)41-26(19)20-15-40-29-22(31)28(34)32(29)23(20)30(38)37-25(17-8-4-2-5-9-17)18-10-6-3-7-11-18/h2-13,22,25,29H,14-16,31H2,1H3/t22-,29-/m1/s1. The molecule has 0 unspecified atom stereocenters. The van der Waals surface area contributed by atoms with Gasteiger partial charge < -0.3 is 19.9 Å². The highest BCUT2D eigenvalue weighted by Gasteiger charge is 2.52. The molecule has 0 saturated carbocycles. The number of β-lactam (4-membered cyclic amide) rings is 1. The summed E-state index contributed by atoms with van der Waals surface area (Å²) in [6.07, 6.45) is -0.501. The molecule has 2 atom stereocenters. The van der Waals surface area contributed by atoms with E-state index in [4.69, 9.17) is 32.2 Å². The molecule has 1 saturated heterocycles. The maximum absolute atomic E-state index is 13.7. The van der Waals surface area contributed by atoms with E-state index in [2.05, 4.69) is 0 Å². The zero-order chi connectivity index (χ0) is 28.5. The van der Waals surface area contributed by atoms with Crippen molar-refractivity contribution in [3.63, 3.8) is 0 Å².